The summed E-state index contributed by atoms with van der Waals surface area (Å²) in [6.07, 6.45) is -1.08. The Kier molecular flexibility index (Phi) is 4.86. The summed E-state index contributed by atoms with van der Waals surface area (Å²) in [7, 11) is -3.35. The number of aryl methyl sites for hydroxylation is 1. The van der Waals surface area contributed by atoms with E-state index in [0.29, 0.717) is 30.3 Å². The van der Waals surface area contributed by atoms with Crippen LogP contribution in [-0.4, -0.2) is 51.0 Å². The number of nitrogens with zero attached hydrogens (tertiary/aromatic N) is 3. The molecule has 3 heterocycles. The summed E-state index contributed by atoms with van der Waals surface area (Å²) in [4.78, 5) is 9.21. The fourth-order valence-electron chi connectivity index (χ4n) is 4.48. The summed E-state index contributed by atoms with van der Waals surface area (Å²) in [6.45, 7) is 3.48. The van der Waals surface area contributed by atoms with Gasteiger partial charge in [-0.3, -0.25) is 0 Å². The highest BCUT2D eigenvalue weighted by Crippen LogP contribution is 2.35. The molecule has 1 fully saturated rings. The molecule has 2 aromatic carbocycles. The molecule has 0 unspecified atom stereocenters. The Balaban J connectivity index is 1.62. The third kappa shape index (κ3) is 3.64. The lowest BCUT2D eigenvalue weighted by atomic mass is 10.1. The van der Waals surface area contributed by atoms with Crippen molar-refractivity contribution in [2.75, 3.05) is 35.2 Å². The number of nitrogens with two attached hydrogens (primary N) is 1. The Morgan fingerprint density at radius 3 is 2.68 bits per heavy atom. The highest BCUT2D eigenvalue weighted by atomic mass is 32.2. The maximum atomic E-state index is 14.2. The molecule has 1 aromatic heterocycles. The Hall–Kier alpha value is -2.71. The summed E-state index contributed by atoms with van der Waals surface area (Å²) >= 11 is 0. The number of rotatable bonds is 2. The van der Waals surface area contributed by atoms with E-state index < -0.39 is 22.1 Å². The summed E-state index contributed by atoms with van der Waals surface area (Å²) in [5.41, 5.74) is 9.50. The summed E-state index contributed by atoms with van der Waals surface area (Å²) in [5, 5.41) is 0.952. The lowest BCUT2D eigenvalue weighted by molar-refractivity contribution is 0.333. The first kappa shape index (κ1) is 20.2. The molecule has 2 aliphatic heterocycles. The van der Waals surface area contributed by atoms with E-state index in [-0.39, 0.29) is 12.3 Å². The normalized spacial score (nSPS) is 23.1. The quantitative estimate of drug-likeness (QED) is 0.660. The van der Waals surface area contributed by atoms with E-state index in [9.17, 15) is 12.8 Å². The van der Waals surface area contributed by atoms with Crippen LogP contribution in [0.3, 0.4) is 0 Å². The smallest absolute Gasteiger partial charge is 0.180 e. The fraction of sp³-hybridized carbons (Fsp3) is 0.348. The average molecular weight is 441 g/mol. The van der Waals surface area contributed by atoms with Crippen LogP contribution in [0.25, 0.3) is 10.9 Å². The topological polar surface area (TPSA) is 79.5 Å². The molecular formula is C23H25FN4O2S. The van der Waals surface area contributed by atoms with Crippen molar-refractivity contribution in [3.63, 3.8) is 0 Å². The number of aromatic nitrogens is 1. The van der Waals surface area contributed by atoms with E-state index in [1.165, 1.54) is 0 Å². The number of pyridine rings is 1. The maximum Gasteiger partial charge on any atom is 0.180 e. The molecule has 0 saturated carbocycles. The lowest BCUT2D eigenvalue weighted by Crippen LogP contribution is -2.30. The van der Waals surface area contributed by atoms with Gasteiger partial charge in [0.25, 0.3) is 0 Å². The molecule has 2 atom stereocenters. The van der Waals surface area contributed by atoms with Gasteiger partial charge in [0.05, 0.1) is 28.8 Å². The second kappa shape index (κ2) is 7.46. The van der Waals surface area contributed by atoms with Crippen LogP contribution in [-0.2, 0) is 16.4 Å². The van der Waals surface area contributed by atoms with E-state index in [1.807, 2.05) is 47.1 Å². The van der Waals surface area contributed by atoms with Crippen molar-refractivity contribution in [2.45, 2.75) is 30.6 Å². The molecule has 3 aromatic rings. The highest BCUT2D eigenvalue weighted by molar-refractivity contribution is 7.91. The van der Waals surface area contributed by atoms with Gasteiger partial charge in [0.1, 0.15) is 12.0 Å². The molecule has 2 aliphatic rings. The van der Waals surface area contributed by atoms with Crippen molar-refractivity contribution in [3.05, 3.63) is 59.7 Å². The zero-order valence-electron chi connectivity index (χ0n) is 17.3. The van der Waals surface area contributed by atoms with Gasteiger partial charge >= 0.3 is 0 Å². The fourth-order valence-corrected chi connectivity index (χ4v) is 5.97. The van der Waals surface area contributed by atoms with Crippen LogP contribution in [0, 0.1) is 6.92 Å². The van der Waals surface area contributed by atoms with Crippen LogP contribution in [0.1, 0.15) is 11.1 Å². The van der Waals surface area contributed by atoms with E-state index >= 15 is 0 Å². The van der Waals surface area contributed by atoms with E-state index in [4.69, 9.17) is 10.7 Å². The first-order chi connectivity index (χ1) is 14.8. The van der Waals surface area contributed by atoms with Crippen molar-refractivity contribution in [1.29, 1.82) is 0 Å². The van der Waals surface area contributed by atoms with E-state index in [1.54, 1.807) is 12.1 Å². The number of anilines is 2. The number of hydrogen-bond donors (Lipinski definition) is 1. The number of hydrogen-bond acceptors (Lipinski definition) is 6. The van der Waals surface area contributed by atoms with Gasteiger partial charge in [0.2, 0.25) is 0 Å². The lowest BCUT2D eigenvalue weighted by Gasteiger charge is -2.26. The molecule has 0 bridgehead atoms. The van der Waals surface area contributed by atoms with E-state index in [2.05, 4.69) is 6.07 Å². The Morgan fingerprint density at radius 2 is 1.90 bits per heavy atom. The van der Waals surface area contributed by atoms with Crippen LogP contribution < -0.4 is 15.5 Å². The standard InChI is InChI=1S/C23H25FN4O2S/c1-15-6-7-20-17(10-15)21(28-13-18(24)19(25)14-28)11-23(26-20)27-8-9-31(29,30)22-5-3-2-4-16(22)12-27/h2-7,10-11,18-19H,8-9,12-14,25H2,1H3/t18-,19-/m1/s1. The minimum atomic E-state index is -3.35. The molecule has 2 N–H and O–H groups in total. The molecule has 0 radical (unpaired) electrons. The van der Waals surface area contributed by atoms with Crippen molar-refractivity contribution >= 4 is 32.2 Å². The Bertz CT molecular complexity index is 1250. The van der Waals surface area contributed by atoms with Gasteiger partial charge in [0, 0.05) is 36.8 Å². The predicted molar refractivity (Wildman–Crippen MR) is 121 cm³/mol. The molecule has 0 spiro atoms. The maximum absolute atomic E-state index is 14.2. The van der Waals surface area contributed by atoms with Crippen LogP contribution in [0.4, 0.5) is 15.9 Å². The average Bonchev–Trinajstić information content (AvgIpc) is 3.01. The van der Waals surface area contributed by atoms with E-state index in [0.717, 1.165) is 27.7 Å². The van der Waals surface area contributed by atoms with Gasteiger partial charge in [-0.15, -0.1) is 0 Å². The first-order valence-corrected chi connectivity index (χ1v) is 12.1. The molecule has 8 heteroatoms. The van der Waals surface area contributed by atoms with Gasteiger partial charge in [-0.2, -0.15) is 0 Å². The number of alkyl halides is 1. The predicted octanol–water partition coefficient (Wildman–Crippen LogP) is 2.82. The van der Waals surface area contributed by atoms with Gasteiger partial charge in [0.15, 0.2) is 9.84 Å². The van der Waals surface area contributed by atoms with Gasteiger partial charge in [-0.1, -0.05) is 29.8 Å². The number of sulfone groups is 1. The zero-order valence-corrected chi connectivity index (χ0v) is 18.1. The third-order valence-electron chi connectivity index (χ3n) is 6.18. The summed E-state index contributed by atoms with van der Waals surface area (Å²) in [6, 6.07) is 14.6. The van der Waals surface area contributed by atoms with Crippen molar-refractivity contribution in [3.8, 4) is 0 Å². The minimum Gasteiger partial charge on any atom is -0.366 e. The Labute approximate surface area is 181 Å². The van der Waals surface area contributed by atoms with Crippen LogP contribution in [0.15, 0.2) is 53.4 Å². The largest absolute Gasteiger partial charge is 0.366 e. The number of fused-ring (bicyclic) bond motifs is 2. The van der Waals surface area contributed by atoms with Crippen LogP contribution in [0.2, 0.25) is 0 Å². The number of halogens is 1. The second-order valence-corrected chi connectivity index (χ2v) is 10.5. The molecule has 1 saturated heterocycles. The number of benzene rings is 2. The molecule has 31 heavy (non-hydrogen) atoms. The van der Waals surface area contributed by atoms with Crippen molar-refractivity contribution in [2.24, 2.45) is 5.73 Å². The summed E-state index contributed by atoms with van der Waals surface area (Å²) < 4.78 is 39.7. The van der Waals surface area contributed by atoms with Crippen molar-refractivity contribution < 1.29 is 12.8 Å². The molecule has 6 nitrogen and oxygen atoms in total. The molecular weight excluding hydrogens is 415 g/mol. The molecule has 0 aliphatic carbocycles. The SMILES string of the molecule is Cc1ccc2nc(N3CCS(=O)(=O)c4ccccc4C3)cc(N3C[C@@H](N)[C@H](F)C3)c2c1. The van der Waals surface area contributed by atoms with Crippen LogP contribution >= 0.6 is 0 Å². The van der Waals surface area contributed by atoms with Crippen molar-refractivity contribution in [1.82, 2.24) is 4.98 Å². The van der Waals surface area contributed by atoms with Crippen LogP contribution in [0.5, 0.6) is 0 Å². The zero-order chi connectivity index (χ0) is 21.8. The minimum absolute atomic E-state index is 0.0219. The third-order valence-corrected chi connectivity index (χ3v) is 7.97. The molecule has 5 rings (SSSR count). The van der Waals surface area contributed by atoms with Gasteiger partial charge in [-0.25, -0.2) is 17.8 Å². The Morgan fingerprint density at radius 1 is 1.10 bits per heavy atom. The molecule has 162 valence electrons. The van der Waals surface area contributed by atoms with Gasteiger partial charge in [-0.05, 0) is 30.7 Å². The molecule has 0 amide bonds. The van der Waals surface area contributed by atoms with Gasteiger partial charge < -0.3 is 15.5 Å². The second-order valence-electron chi connectivity index (χ2n) is 8.45. The highest BCUT2D eigenvalue weighted by Gasteiger charge is 2.32. The summed E-state index contributed by atoms with van der Waals surface area (Å²) in [5.74, 6) is 0.711. The first-order valence-electron chi connectivity index (χ1n) is 10.4. The monoisotopic (exact) mass is 440 g/mol.